The summed E-state index contributed by atoms with van der Waals surface area (Å²) in [6.07, 6.45) is 4.70. The first-order chi connectivity index (χ1) is 16.2. The van der Waals surface area contributed by atoms with E-state index >= 15 is 0 Å². The summed E-state index contributed by atoms with van der Waals surface area (Å²) in [6.45, 7) is 0. The van der Waals surface area contributed by atoms with Crippen molar-refractivity contribution in [3.63, 3.8) is 0 Å². The molecule has 3 nitrogen and oxygen atoms in total. The van der Waals surface area contributed by atoms with Crippen LogP contribution in [0.25, 0.3) is 11.6 Å². The second-order valence-electron chi connectivity index (χ2n) is 8.67. The Hall–Kier alpha value is -3.85. The van der Waals surface area contributed by atoms with E-state index in [2.05, 4.69) is 0 Å². The topological polar surface area (TPSA) is 50.4 Å². The number of benzene rings is 3. The summed E-state index contributed by atoms with van der Waals surface area (Å²) < 4.78 is 5.89. The van der Waals surface area contributed by atoms with Crippen molar-refractivity contribution < 1.29 is 9.52 Å². The molecular weight excluding hydrogens is 408 g/mol. The van der Waals surface area contributed by atoms with Crippen LogP contribution >= 0.6 is 0 Å². The number of aromatic hydroxyl groups is 1. The van der Waals surface area contributed by atoms with Crippen LogP contribution in [0.2, 0.25) is 0 Å². The first kappa shape index (κ1) is 21.0. The summed E-state index contributed by atoms with van der Waals surface area (Å²) in [5.41, 5.74) is 3.90. The lowest BCUT2D eigenvalue weighted by Gasteiger charge is -2.18. The average molecular weight is 435 g/mol. The van der Waals surface area contributed by atoms with Gasteiger partial charge in [-0.15, -0.1) is 0 Å². The van der Waals surface area contributed by atoms with Gasteiger partial charge in [-0.05, 0) is 41.5 Å². The molecule has 4 aromatic rings. The highest BCUT2D eigenvalue weighted by Gasteiger charge is 2.37. The van der Waals surface area contributed by atoms with Gasteiger partial charge in [-0.2, -0.15) is 0 Å². The first-order valence-corrected chi connectivity index (χ1v) is 11.4. The van der Waals surface area contributed by atoms with Gasteiger partial charge in [0.2, 0.25) is 0 Å². The minimum atomic E-state index is -0.460. The molecule has 3 aromatic carbocycles. The Labute approximate surface area is 193 Å². The van der Waals surface area contributed by atoms with E-state index in [-0.39, 0.29) is 11.7 Å². The highest BCUT2D eigenvalue weighted by molar-refractivity contribution is 5.81. The highest BCUT2D eigenvalue weighted by atomic mass is 16.4. The third kappa shape index (κ3) is 4.83. The van der Waals surface area contributed by atoms with Crippen molar-refractivity contribution in [2.45, 2.75) is 25.2 Å². The van der Waals surface area contributed by atoms with Crippen LogP contribution in [0.5, 0.6) is 5.75 Å². The second-order valence-corrected chi connectivity index (χ2v) is 8.67. The van der Waals surface area contributed by atoms with Gasteiger partial charge < -0.3 is 9.52 Å². The molecule has 0 bridgehead atoms. The fraction of sp³-hybridized carbons (Fsp3) is 0.167. The molecule has 0 aliphatic heterocycles. The molecule has 1 fully saturated rings. The quantitative estimate of drug-likeness (QED) is 0.353. The van der Waals surface area contributed by atoms with Gasteiger partial charge in [-0.1, -0.05) is 91.0 Å². The summed E-state index contributed by atoms with van der Waals surface area (Å²) in [5.74, 6) is 0.619. The number of hydrogen-bond acceptors (Lipinski definition) is 3. The Balaban J connectivity index is 1.58. The fourth-order valence-corrected chi connectivity index (χ4v) is 4.48. The standard InChI is InChI=1S/C30H26O3/c31-26-20-27(25(18-21-10-4-1-5-11-21)19-22-12-6-2-7-13-22)33-30(32)29(26)28(24-16-17-24)23-14-8-3-9-15-23/h1-15,18,20,24,28,31H,16-17,19H2. The van der Waals surface area contributed by atoms with Crippen molar-refractivity contribution in [3.8, 4) is 5.75 Å². The molecule has 1 aliphatic carbocycles. The Bertz CT molecular complexity index is 1300. The van der Waals surface area contributed by atoms with E-state index in [1.54, 1.807) is 6.07 Å². The minimum Gasteiger partial charge on any atom is -0.507 e. The number of allylic oxidation sites excluding steroid dienone is 1. The molecule has 0 saturated heterocycles. The van der Waals surface area contributed by atoms with Gasteiger partial charge in [-0.25, -0.2) is 4.79 Å². The van der Waals surface area contributed by atoms with Gasteiger partial charge in [0.15, 0.2) is 0 Å². The maximum absolute atomic E-state index is 13.3. The van der Waals surface area contributed by atoms with Crippen molar-refractivity contribution in [2.75, 3.05) is 0 Å². The van der Waals surface area contributed by atoms with Crippen molar-refractivity contribution in [1.82, 2.24) is 0 Å². The molecule has 164 valence electrons. The SMILES string of the molecule is O=c1oc(C(=Cc2ccccc2)Cc2ccccc2)cc(O)c1C(c1ccccc1)C1CC1. The monoisotopic (exact) mass is 434 g/mol. The third-order valence-corrected chi connectivity index (χ3v) is 6.22. The largest absolute Gasteiger partial charge is 0.507 e. The normalized spacial score (nSPS) is 14.7. The van der Waals surface area contributed by atoms with Gasteiger partial charge >= 0.3 is 5.63 Å². The van der Waals surface area contributed by atoms with Gasteiger partial charge in [0, 0.05) is 24.0 Å². The van der Waals surface area contributed by atoms with Crippen LogP contribution < -0.4 is 5.63 Å². The van der Waals surface area contributed by atoms with Crippen LogP contribution in [0, 0.1) is 5.92 Å². The molecule has 0 amide bonds. The van der Waals surface area contributed by atoms with Crippen LogP contribution in [0.3, 0.4) is 0 Å². The Morgan fingerprint density at radius 2 is 1.52 bits per heavy atom. The van der Waals surface area contributed by atoms with Crippen molar-refractivity contribution in [3.05, 3.63) is 135 Å². The van der Waals surface area contributed by atoms with Crippen molar-refractivity contribution in [1.29, 1.82) is 0 Å². The van der Waals surface area contributed by atoms with Crippen LogP contribution in [0.1, 0.15) is 46.8 Å². The lowest BCUT2D eigenvalue weighted by Crippen LogP contribution is -2.16. The molecule has 5 rings (SSSR count). The van der Waals surface area contributed by atoms with Crippen molar-refractivity contribution >= 4 is 11.6 Å². The molecule has 1 atom stereocenters. The van der Waals surface area contributed by atoms with Gasteiger partial charge in [-0.3, -0.25) is 0 Å². The Morgan fingerprint density at radius 1 is 0.909 bits per heavy atom. The Morgan fingerprint density at radius 3 is 2.12 bits per heavy atom. The van der Waals surface area contributed by atoms with E-state index in [4.69, 9.17) is 4.42 Å². The van der Waals surface area contributed by atoms with Gasteiger partial charge in [0.25, 0.3) is 0 Å². The maximum atomic E-state index is 13.3. The molecule has 1 saturated carbocycles. The summed E-state index contributed by atoms with van der Waals surface area (Å²) in [4.78, 5) is 13.3. The third-order valence-electron chi connectivity index (χ3n) is 6.22. The van der Waals surface area contributed by atoms with E-state index < -0.39 is 5.63 Å². The molecule has 0 radical (unpaired) electrons. The zero-order chi connectivity index (χ0) is 22.6. The number of hydrogen-bond donors (Lipinski definition) is 1. The molecule has 33 heavy (non-hydrogen) atoms. The first-order valence-electron chi connectivity index (χ1n) is 11.4. The highest BCUT2D eigenvalue weighted by Crippen LogP contribution is 2.47. The van der Waals surface area contributed by atoms with E-state index in [1.165, 1.54) is 0 Å². The van der Waals surface area contributed by atoms with E-state index in [9.17, 15) is 9.90 Å². The zero-order valence-electron chi connectivity index (χ0n) is 18.4. The average Bonchev–Trinajstić information content (AvgIpc) is 3.68. The predicted molar refractivity (Wildman–Crippen MR) is 132 cm³/mol. The lowest BCUT2D eigenvalue weighted by molar-refractivity contribution is 0.420. The number of rotatable bonds is 7. The summed E-state index contributed by atoms with van der Waals surface area (Å²) in [7, 11) is 0. The van der Waals surface area contributed by atoms with E-state index in [0.29, 0.717) is 23.7 Å². The van der Waals surface area contributed by atoms with Gasteiger partial charge in [0.1, 0.15) is 11.5 Å². The predicted octanol–water partition coefficient (Wildman–Crippen LogP) is 6.67. The molecular formula is C30H26O3. The smallest absolute Gasteiger partial charge is 0.343 e. The molecule has 1 N–H and O–H groups in total. The van der Waals surface area contributed by atoms with Crippen LogP contribution in [0.4, 0.5) is 0 Å². The molecule has 1 heterocycles. The summed E-state index contributed by atoms with van der Waals surface area (Å²) in [6, 6.07) is 31.6. The van der Waals surface area contributed by atoms with E-state index in [0.717, 1.165) is 35.1 Å². The van der Waals surface area contributed by atoms with Crippen LogP contribution in [-0.2, 0) is 6.42 Å². The molecule has 1 aromatic heterocycles. The van der Waals surface area contributed by atoms with E-state index in [1.807, 2.05) is 97.1 Å². The summed E-state index contributed by atoms with van der Waals surface area (Å²) in [5, 5.41) is 11.1. The zero-order valence-corrected chi connectivity index (χ0v) is 18.4. The lowest BCUT2D eigenvalue weighted by atomic mass is 9.87. The van der Waals surface area contributed by atoms with Crippen molar-refractivity contribution in [2.24, 2.45) is 5.92 Å². The molecule has 0 spiro atoms. The molecule has 3 heteroatoms. The molecule has 1 unspecified atom stereocenters. The molecule has 1 aliphatic rings. The minimum absolute atomic E-state index is 0.00836. The summed E-state index contributed by atoms with van der Waals surface area (Å²) >= 11 is 0. The van der Waals surface area contributed by atoms with Crippen LogP contribution in [0.15, 0.2) is 106 Å². The fourth-order valence-electron chi connectivity index (χ4n) is 4.48. The maximum Gasteiger partial charge on any atom is 0.343 e. The van der Waals surface area contributed by atoms with Gasteiger partial charge in [0.05, 0.1) is 5.56 Å². The second kappa shape index (κ2) is 9.33. The van der Waals surface area contributed by atoms with Crippen LogP contribution in [-0.4, -0.2) is 5.11 Å². The Kier molecular flexibility index (Phi) is 5.95.